The van der Waals surface area contributed by atoms with Crippen LogP contribution in [0.1, 0.15) is 20.8 Å². The third-order valence-corrected chi connectivity index (χ3v) is 1.94. The second-order valence-corrected chi connectivity index (χ2v) is 5.14. The van der Waals surface area contributed by atoms with Crippen molar-refractivity contribution in [3.05, 3.63) is 0 Å². The molecular formula is C13H28N2O5. The molecule has 0 aliphatic carbocycles. The lowest BCUT2D eigenvalue weighted by Gasteiger charge is -2.19. The zero-order valence-electron chi connectivity index (χ0n) is 12.8. The monoisotopic (exact) mass is 292 g/mol. The molecule has 0 aromatic heterocycles. The minimum atomic E-state index is -0.436. The molecule has 0 aliphatic heterocycles. The highest BCUT2D eigenvalue weighted by molar-refractivity contribution is 5.67. The second-order valence-electron chi connectivity index (χ2n) is 5.14. The number of hydrogen-bond acceptors (Lipinski definition) is 6. The Morgan fingerprint density at radius 3 is 1.80 bits per heavy atom. The number of carbonyl (C=O) groups is 1. The van der Waals surface area contributed by atoms with E-state index in [-0.39, 0.29) is 12.1 Å². The second kappa shape index (κ2) is 11.9. The van der Waals surface area contributed by atoms with Crippen LogP contribution in [0.25, 0.3) is 0 Å². The van der Waals surface area contributed by atoms with Gasteiger partial charge in [0.2, 0.25) is 0 Å². The molecule has 0 atom stereocenters. The largest absolute Gasteiger partial charge is 0.447 e. The first-order valence-corrected chi connectivity index (χ1v) is 6.84. The highest BCUT2D eigenvalue weighted by Crippen LogP contribution is 1.98. The van der Waals surface area contributed by atoms with Gasteiger partial charge in [-0.1, -0.05) is 0 Å². The van der Waals surface area contributed by atoms with Crippen LogP contribution in [0.2, 0.25) is 0 Å². The maximum absolute atomic E-state index is 11.3. The van der Waals surface area contributed by atoms with E-state index in [4.69, 9.17) is 24.7 Å². The summed E-state index contributed by atoms with van der Waals surface area (Å²) in [6.07, 6.45) is -0.436. The highest BCUT2D eigenvalue weighted by atomic mass is 16.6. The molecule has 20 heavy (non-hydrogen) atoms. The fourth-order valence-electron chi connectivity index (χ4n) is 1.16. The molecule has 7 nitrogen and oxygen atoms in total. The van der Waals surface area contributed by atoms with Crippen molar-refractivity contribution in [1.82, 2.24) is 5.32 Å². The van der Waals surface area contributed by atoms with Crippen molar-refractivity contribution in [3.8, 4) is 0 Å². The first-order valence-electron chi connectivity index (χ1n) is 6.84. The molecule has 120 valence electrons. The number of alkyl carbamates (subject to hydrolysis) is 1. The quantitative estimate of drug-likeness (QED) is 0.539. The van der Waals surface area contributed by atoms with Crippen LogP contribution in [0.3, 0.4) is 0 Å². The van der Waals surface area contributed by atoms with E-state index in [0.717, 1.165) is 0 Å². The van der Waals surface area contributed by atoms with Gasteiger partial charge in [-0.25, -0.2) is 4.79 Å². The van der Waals surface area contributed by atoms with Gasteiger partial charge in [-0.3, -0.25) is 0 Å². The Morgan fingerprint density at radius 2 is 1.35 bits per heavy atom. The van der Waals surface area contributed by atoms with E-state index in [0.29, 0.717) is 46.2 Å². The molecule has 0 unspecified atom stereocenters. The summed E-state index contributed by atoms with van der Waals surface area (Å²) in [5.41, 5.74) is 4.97. The summed E-state index contributed by atoms with van der Waals surface area (Å²) < 4.78 is 20.6. The van der Waals surface area contributed by atoms with Crippen molar-refractivity contribution < 1.29 is 23.7 Å². The molecule has 3 N–H and O–H groups in total. The third-order valence-electron chi connectivity index (χ3n) is 1.94. The van der Waals surface area contributed by atoms with Gasteiger partial charge in [-0.05, 0) is 20.8 Å². The molecule has 0 bridgehead atoms. The standard InChI is InChI=1S/C13H28N2O5/c1-13(2,3)15-12(16)20-11-10-19-9-8-18-7-6-17-5-4-14/h4-11,14H2,1-3H3,(H,15,16). The summed E-state index contributed by atoms with van der Waals surface area (Å²) >= 11 is 0. The van der Waals surface area contributed by atoms with Crippen molar-refractivity contribution in [2.75, 3.05) is 52.8 Å². The van der Waals surface area contributed by atoms with Gasteiger partial charge in [0, 0.05) is 12.1 Å². The number of nitrogens with one attached hydrogen (secondary N) is 1. The Bertz CT molecular complexity index is 243. The minimum Gasteiger partial charge on any atom is -0.447 e. The predicted octanol–water partition coefficient (Wildman–Crippen LogP) is 0.520. The lowest BCUT2D eigenvalue weighted by molar-refractivity contribution is 0.00641. The molecule has 0 spiro atoms. The van der Waals surface area contributed by atoms with Crippen molar-refractivity contribution >= 4 is 6.09 Å². The molecule has 0 radical (unpaired) electrons. The van der Waals surface area contributed by atoms with E-state index in [1.807, 2.05) is 20.8 Å². The van der Waals surface area contributed by atoms with Gasteiger partial charge in [0.15, 0.2) is 0 Å². The molecule has 0 aromatic rings. The first kappa shape index (κ1) is 19.1. The van der Waals surface area contributed by atoms with Gasteiger partial charge in [0.05, 0.1) is 39.6 Å². The Morgan fingerprint density at radius 1 is 0.900 bits per heavy atom. The highest BCUT2D eigenvalue weighted by Gasteiger charge is 2.13. The average molecular weight is 292 g/mol. The SMILES string of the molecule is CC(C)(C)NC(=O)OCCOCCOCCOCCN. The zero-order valence-corrected chi connectivity index (χ0v) is 12.8. The molecular weight excluding hydrogens is 264 g/mol. The lowest BCUT2D eigenvalue weighted by atomic mass is 10.1. The van der Waals surface area contributed by atoms with Gasteiger partial charge in [-0.2, -0.15) is 0 Å². The van der Waals surface area contributed by atoms with Gasteiger partial charge < -0.3 is 30.0 Å². The molecule has 0 aliphatic rings. The van der Waals surface area contributed by atoms with Crippen LogP contribution in [0.5, 0.6) is 0 Å². The Balaban J connectivity index is 3.19. The van der Waals surface area contributed by atoms with Crippen molar-refractivity contribution in [1.29, 1.82) is 0 Å². The summed E-state index contributed by atoms with van der Waals surface area (Å²) in [5, 5.41) is 2.69. The normalized spacial score (nSPS) is 11.4. The maximum Gasteiger partial charge on any atom is 0.407 e. The lowest BCUT2D eigenvalue weighted by Crippen LogP contribution is -2.41. The fourth-order valence-corrected chi connectivity index (χ4v) is 1.16. The van der Waals surface area contributed by atoms with Gasteiger partial charge in [-0.15, -0.1) is 0 Å². The van der Waals surface area contributed by atoms with Crippen LogP contribution >= 0.6 is 0 Å². The molecule has 0 aromatic carbocycles. The van der Waals surface area contributed by atoms with E-state index in [9.17, 15) is 4.79 Å². The van der Waals surface area contributed by atoms with Crippen LogP contribution in [0.15, 0.2) is 0 Å². The Kier molecular flexibility index (Phi) is 11.4. The number of amides is 1. The van der Waals surface area contributed by atoms with Gasteiger partial charge >= 0.3 is 6.09 Å². The molecule has 7 heteroatoms. The maximum atomic E-state index is 11.3. The number of ether oxygens (including phenoxy) is 4. The van der Waals surface area contributed by atoms with Gasteiger partial charge in [0.25, 0.3) is 0 Å². The van der Waals surface area contributed by atoms with Crippen LogP contribution in [0, 0.1) is 0 Å². The van der Waals surface area contributed by atoms with E-state index < -0.39 is 6.09 Å². The van der Waals surface area contributed by atoms with Crippen LogP contribution in [-0.4, -0.2) is 64.4 Å². The van der Waals surface area contributed by atoms with E-state index in [2.05, 4.69) is 5.32 Å². The third kappa shape index (κ3) is 15.2. The Labute approximate surface area is 121 Å². The summed E-state index contributed by atoms with van der Waals surface area (Å²) in [6.45, 7) is 9.31. The minimum absolute atomic E-state index is 0.224. The average Bonchev–Trinajstić information content (AvgIpc) is 2.34. The number of nitrogens with two attached hydrogens (primary N) is 1. The zero-order chi connectivity index (χ0) is 15.3. The molecule has 0 heterocycles. The number of carbonyl (C=O) groups excluding carboxylic acids is 1. The smallest absolute Gasteiger partial charge is 0.407 e. The van der Waals surface area contributed by atoms with Crippen LogP contribution in [0.4, 0.5) is 4.79 Å². The van der Waals surface area contributed by atoms with Crippen molar-refractivity contribution in [2.24, 2.45) is 5.73 Å². The van der Waals surface area contributed by atoms with Crippen molar-refractivity contribution in [2.45, 2.75) is 26.3 Å². The molecule has 0 saturated carbocycles. The molecule has 1 amide bonds. The fraction of sp³-hybridized carbons (Fsp3) is 0.923. The first-order chi connectivity index (χ1) is 9.45. The molecule has 0 rings (SSSR count). The topological polar surface area (TPSA) is 92.0 Å². The van der Waals surface area contributed by atoms with E-state index in [1.165, 1.54) is 0 Å². The summed E-state index contributed by atoms with van der Waals surface area (Å²) in [5.74, 6) is 0. The van der Waals surface area contributed by atoms with Gasteiger partial charge in [0.1, 0.15) is 6.61 Å². The molecule has 0 saturated heterocycles. The number of rotatable bonds is 11. The van der Waals surface area contributed by atoms with E-state index in [1.54, 1.807) is 0 Å². The van der Waals surface area contributed by atoms with Crippen LogP contribution in [-0.2, 0) is 18.9 Å². The molecule has 0 fully saturated rings. The van der Waals surface area contributed by atoms with Crippen LogP contribution < -0.4 is 11.1 Å². The van der Waals surface area contributed by atoms with E-state index >= 15 is 0 Å². The van der Waals surface area contributed by atoms with Crippen molar-refractivity contribution in [3.63, 3.8) is 0 Å². The number of hydrogen-bond donors (Lipinski definition) is 2. The predicted molar refractivity (Wildman–Crippen MR) is 75.7 cm³/mol. The summed E-state index contributed by atoms with van der Waals surface area (Å²) in [6, 6.07) is 0. The summed E-state index contributed by atoms with van der Waals surface area (Å²) in [4.78, 5) is 11.3. The summed E-state index contributed by atoms with van der Waals surface area (Å²) in [7, 11) is 0. The Hall–Kier alpha value is -0.890.